The summed E-state index contributed by atoms with van der Waals surface area (Å²) < 4.78 is 25.7. The van der Waals surface area contributed by atoms with E-state index in [1.807, 2.05) is 93.6 Å². The highest BCUT2D eigenvalue weighted by atomic mass is 28.4. The van der Waals surface area contributed by atoms with E-state index < -0.39 is 26.4 Å². The Bertz CT molecular complexity index is 1690. The molecule has 1 heterocycles. The Morgan fingerprint density at radius 1 is 0.900 bits per heavy atom. The topological polar surface area (TPSA) is 94.5 Å². The van der Waals surface area contributed by atoms with Crippen LogP contribution in [0.15, 0.2) is 103 Å². The molecule has 0 bridgehead atoms. The highest BCUT2D eigenvalue weighted by Crippen LogP contribution is 2.39. The van der Waals surface area contributed by atoms with Crippen molar-refractivity contribution in [3.8, 4) is 11.5 Å². The summed E-state index contributed by atoms with van der Waals surface area (Å²) in [6.07, 6.45) is -0.387. The van der Waals surface area contributed by atoms with E-state index in [0.717, 1.165) is 27.9 Å². The summed E-state index contributed by atoms with van der Waals surface area (Å²) in [5.74, 6) is 0.0986. The van der Waals surface area contributed by atoms with Crippen molar-refractivity contribution in [1.29, 1.82) is 0 Å². The summed E-state index contributed by atoms with van der Waals surface area (Å²) in [5, 5.41) is 12.4. The van der Waals surface area contributed by atoms with Gasteiger partial charge in [0, 0.05) is 6.54 Å². The normalized spacial score (nSPS) is 16.9. The lowest BCUT2D eigenvalue weighted by molar-refractivity contribution is 0.0458. The van der Waals surface area contributed by atoms with E-state index in [0.29, 0.717) is 17.9 Å². The Kier molecular flexibility index (Phi) is 11.7. The average molecular weight is 696 g/mol. The number of nitrogens with zero attached hydrogens (tertiary/aromatic N) is 1. The summed E-state index contributed by atoms with van der Waals surface area (Å²) >= 11 is 0. The van der Waals surface area contributed by atoms with Gasteiger partial charge in [0.25, 0.3) is 8.32 Å². The summed E-state index contributed by atoms with van der Waals surface area (Å²) in [6.45, 7) is 12.8. The number of ether oxygens (including phenoxy) is 3. The number of hydrogen-bond acceptors (Lipinski definition) is 6. The second kappa shape index (κ2) is 16.0. The quantitative estimate of drug-likeness (QED) is 0.114. The van der Waals surface area contributed by atoms with Gasteiger partial charge in [-0.2, -0.15) is 0 Å². The molecule has 1 saturated heterocycles. The van der Waals surface area contributed by atoms with Crippen LogP contribution in [0.25, 0.3) is 0 Å². The van der Waals surface area contributed by atoms with Crippen LogP contribution in [-0.4, -0.2) is 61.8 Å². The minimum Gasteiger partial charge on any atom is -0.490 e. The fourth-order valence-electron chi connectivity index (χ4n) is 6.70. The molecule has 3 atom stereocenters. The summed E-state index contributed by atoms with van der Waals surface area (Å²) in [5.41, 5.74) is 1.88. The molecule has 1 fully saturated rings. The van der Waals surface area contributed by atoms with Crippen LogP contribution < -0.4 is 19.8 Å². The third-order valence-electron chi connectivity index (χ3n) is 9.34. The molecule has 1 aliphatic heterocycles. The van der Waals surface area contributed by atoms with Gasteiger partial charge in [0.1, 0.15) is 30.3 Å². The van der Waals surface area contributed by atoms with E-state index in [1.165, 1.54) is 4.90 Å². The number of esters is 1. The second-order valence-corrected chi connectivity index (χ2v) is 18.3. The van der Waals surface area contributed by atoms with Gasteiger partial charge in [0.05, 0.1) is 18.2 Å². The van der Waals surface area contributed by atoms with Crippen molar-refractivity contribution in [2.45, 2.75) is 84.3 Å². The predicted molar refractivity (Wildman–Crippen MR) is 198 cm³/mol. The van der Waals surface area contributed by atoms with Crippen LogP contribution in [0.5, 0.6) is 11.5 Å². The van der Waals surface area contributed by atoms with E-state index in [4.69, 9.17) is 18.6 Å². The van der Waals surface area contributed by atoms with Gasteiger partial charge in [-0.1, -0.05) is 119 Å². The maximum Gasteiger partial charge on any atom is 0.407 e. The number of benzene rings is 4. The molecule has 0 aliphatic carbocycles. The van der Waals surface area contributed by atoms with Gasteiger partial charge in [-0.25, -0.2) is 9.59 Å². The first-order valence-corrected chi connectivity index (χ1v) is 19.3. The number of carbonyl (C=O) groups is 2. The Hall–Kier alpha value is -4.60. The average Bonchev–Trinajstić information content (AvgIpc) is 3.52. The van der Waals surface area contributed by atoms with E-state index >= 15 is 0 Å². The fraction of sp³-hybridized carbons (Fsp3) is 0.366. The van der Waals surface area contributed by atoms with Gasteiger partial charge in [-0.3, -0.25) is 4.90 Å². The van der Waals surface area contributed by atoms with Crippen LogP contribution in [0, 0.1) is 6.92 Å². The number of carboxylic acid groups (broad SMARTS) is 1. The van der Waals surface area contributed by atoms with E-state index in [9.17, 15) is 14.7 Å². The van der Waals surface area contributed by atoms with Crippen molar-refractivity contribution < 1.29 is 33.3 Å². The summed E-state index contributed by atoms with van der Waals surface area (Å²) in [6, 6.07) is 33.2. The van der Waals surface area contributed by atoms with Crippen molar-refractivity contribution in [2.24, 2.45) is 0 Å². The molecule has 1 N–H and O–H groups in total. The number of rotatable bonds is 13. The van der Waals surface area contributed by atoms with Crippen LogP contribution in [0.3, 0.4) is 0 Å². The molecule has 1 aliphatic rings. The molecule has 0 radical (unpaired) electrons. The molecule has 50 heavy (non-hydrogen) atoms. The Morgan fingerprint density at radius 2 is 1.46 bits per heavy atom. The molecule has 0 saturated carbocycles. The lowest BCUT2D eigenvalue weighted by atomic mass is 10.1. The highest BCUT2D eigenvalue weighted by Gasteiger charge is 2.53. The van der Waals surface area contributed by atoms with Crippen LogP contribution in [0.2, 0.25) is 5.04 Å². The van der Waals surface area contributed by atoms with Crippen LogP contribution >= 0.6 is 0 Å². The van der Waals surface area contributed by atoms with Gasteiger partial charge in [0.2, 0.25) is 0 Å². The first-order valence-electron chi connectivity index (χ1n) is 17.4. The molecule has 4 aromatic rings. The highest BCUT2D eigenvalue weighted by molar-refractivity contribution is 6.99. The Labute approximate surface area is 297 Å². The van der Waals surface area contributed by atoms with Gasteiger partial charge < -0.3 is 23.7 Å². The number of aryl methyl sites for hydroxylation is 1. The van der Waals surface area contributed by atoms with Crippen LogP contribution in [0.4, 0.5) is 4.79 Å². The molecule has 264 valence electrons. The molecular weight excluding hydrogens is 647 g/mol. The van der Waals surface area contributed by atoms with Crippen molar-refractivity contribution in [1.82, 2.24) is 4.90 Å². The third-order valence-corrected chi connectivity index (χ3v) is 14.4. The largest absolute Gasteiger partial charge is 0.490 e. The number of hydrogen-bond donors (Lipinski definition) is 1. The molecule has 9 heteroatoms. The minimum absolute atomic E-state index is 0.0259. The first-order chi connectivity index (χ1) is 23.9. The third kappa shape index (κ3) is 8.22. The number of amides is 1. The van der Waals surface area contributed by atoms with E-state index in [2.05, 4.69) is 45.0 Å². The van der Waals surface area contributed by atoms with Crippen LogP contribution in [-0.2, 0) is 15.8 Å². The fourth-order valence-corrected chi connectivity index (χ4v) is 11.4. The van der Waals surface area contributed by atoms with Crippen molar-refractivity contribution >= 4 is 30.8 Å². The second-order valence-electron chi connectivity index (χ2n) is 14.1. The molecule has 0 unspecified atom stereocenters. The summed E-state index contributed by atoms with van der Waals surface area (Å²) in [4.78, 5) is 27.7. The molecule has 4 aromatic carbocycles. The summed E-state index contributed by atoms with van der Waals surface area (Å²) in [7, 11) is -2.93. The van der Waals surface area contributed by atoms with Crippen molar-refractivity contribution in [2.75, 3.05) is 13.2 Å². The Morgan fingerprint density at radius 3 is 2.00 bits per heavy atom. The van der Waals surface area contributed by atoms with Crippen molar-refractivity contribution in [3.63, 3.8) is 0 Å². The lowest BCUT2D eigenvalue weighted by Gasteiger charge is -2.44. The molecule has 0 aromatic heterocycles. The molecule has 8 nitrogen and oxygen atoms in total. The van der Waals surface area contributed by atoms with E-state index in [1.54, 1.807) is 6.07 Å². The van der Waals surface area contributed by atoms with Crippen LogP contribution in [0.1, 0.15) is 68.9 Å². The monoisotopic (exact) mass is 695 g/mol. The number of carbonyl (C=O) groups excluding carboxylic acids is 1. The SMILES string of the molecule is CC[C@@H](C)Oc1cc(C)cc(OC[C@H]2C[C@@H](O[Si](c3ccccc3)(c3ccccc3)C(C)(C)C)CN2C(=O)O)c1C(=O)OCc1ccccc1. The zero-order chi connectivity index (χ0) is 35.9. The van der Waals surface area contributed by atoms with Gasteiger partial charge >= 0.3 is 12.1 Å². The smallest absolute Gasteiger partial charge is 0.407 e. The van der Waals surface area contributed by atoms with Gasteiger partial charge in [-0.05, 0) is 65.4 Å². The maximum atomic E-state index is 13.7. The first kappa shape index (κ1) is 36.7. The molecule has 5 rings (SSSR count). The number of likely N-dealkylation sites (tertiary alicyclic amines) is 1. The Balaban J connectivity index is 1.43. The van der Waals surface area contributed by atoms with Gasteiger partial charge in [0.15, 0.2) is 0 Å². The molecule has 1 amide bonds. The molecule has 0 spiro atoms. The lowest BCUT2D eigenvalue weighted by Crippen LogP contribution is -2.67. The molecular formula is C41H49NO7Si. The van der Waals surface area contributed by atoms with Gasteiger partial charge in [-0.15, -0.1) is 0 Å². The maximum absolute atomic E-state index is 13.7. The van der Waals surface area contributed by atoms with E-state index in [-0.39, 0.29) is 42.6 Å². The predicted octanol–water partition coefficient (Wildman–Crippen LogP) is 7.61. The van der Waals surface area contributed by atoms with Crippen molar-refractivity contribution in [3.05, 3.63) is 120 Å². The zero-order valence-electron chi connectivity index (χ0n) is 29.9. The minimum atomic E-state index is -2.93. The standard InChI is InChI=1S/C41H49NO7Si/c1-7-30(3)48-37-24-29(2)23-36(38(37)39(43)47-27-31-17-11-8-12-18-31)46-28-32-25-33(26-42(32)40(44)45)49-50(41(4,5)6,34-19-13-9-14-20-34)35-21-15-10-16-22-35/h8-24,30,32-33H,7,25-28H2,1-6H3,(H,44,45)/t30-,32-,33-/m1/s1. The zero-order valence-corrected chi connectivity index (χ0v) is 30.9.